The van der Waals surface area contributed by atoms with E-state index in [0.717, 1.165) is 32.5 Å². The maximum atomic E-state index is 12.2. The van der Waals surface area contributed by atoms with E-state index in [0.29, 0.717) is 17.7 Å². The van der Waals surface area contributed by atoms with Gasteiger partial charge in [0, 0.05) is 18.7 Å². The summed E-state index contributed by atoms with van der Waals surface area (Å²) < 4.78 is 5.61. The number of benzene rings is 1. The first-order valence-electron chi connectivity index (χ1n) is 7.10. The molecule has 1 fully saturated rings. The van der Waals surface area contributed by atoms with E-state index in [4.69, 9.17) is 10.00 Å². The number of Topliss-reactive ketones (excluding diaryl/α,β-unsaturated/α-hetero) is 1. The average molecular weight is 272 g/mol. The molecule has 2 rings (SSSR count). The SMILES string of the molecule is CCN(CC(=O)c1ccc(C#N)cc1)CC1CCCO1. The van der Waals surface area contributed by atoms with Crippen LogP contribution in [0.2, 0.25) is 0 Å². The Bertz CT molecular complexity index is 484. The Labute approximate surface area is 120 Å². The van der Waals surface area contributed by atoms with Crippen LogP contribution in [0.3, 0.4) is 0 Å². The first-order chi connectivity index (χ1) is 9.72. The summed E-state index contributed by atoms with van der Waals surface area (Å²) in [6.07, 6.45) is 2.47. The van der Waals surface area contributed by atoms with Gasteiger partial charge in [-0.2, -0.15) is 5.26 Å². The molecule has 0 bridgehead atoms. The molecule has 106 valence electrons. The van der Waals surface area contributed by atoms with E-state index >= 15 is 0 Å². The Hall–Kier alpha value is -1.70. The van der Waals surface area contributed by atoms with Crippen molar-refractivity contribution in [3.05, 3.63) is 35.4 Å². The summed E-state index contributed by atoms with van der Waals surface area (Å²) in [4.78, 5) is 14.3. The zero-order chi connectivity index (χ0) is 14.4. The number of likely N-dealkylation sites (N-methyl/N-ethyl adjacent to an activating group) is 1. The standard InChI is InChI=1S/C16H20N2O2/c1-2-18(11-15-4-3-9-20-15)12-16(19)14-7-5-13(10-17)6-8-14/h5-8,15H,2-4,9,11-12H2,1H3. The molecule has 0 N–H and O–H groups in total. The van der Waals surface area contributed by atoms with E-state index in [1.807, 2.05) is 0 Å². The van der Waals surface area contributed by atoms with Gasteiger partial charge in [-0.25, -0.2) is 0 Å². The van der Waals surface area contributed by atoms with E-state index in [9.17, 15) is 4.79 Å². The molecular formula is C16H20N2O2. The van der Waals surface area contributed by atoms with Crippen molar-refractivity contribution in [2.24, 2.45) is 0 Å². The number of nitrogens with zero attached hydrogens (tertiary/aromatic N) is 2. The minimum atomic E-state index is 0.0920. The lowest BCUT2D eigenvalue weighted by Gasteiger charge is -2.22. The summed E-state index contributed by atoms with van der Waals surface area (Å²) in [5.41, 5.74) is 1.24. The number of hydrogen-bond donors (Lipinski definition) is 0. The Kier molecular flexibility index (Phi) is 5.28. The summed E-state index contributed by atoms with van der Waals surface area (Å²) in [5, 5.41) is 8.75. The highest BCUT2D eigenvalue weighted by atomic mass is 16.5. The van der Waals surface area contributed by atoms with Gasteiger partial charge in [0.1, 0.15) is 0 Å². The fourth-order valence-electron chi connectivity index (χ4n) is 2.41. The Morgan fingerprint density at radius 2 is 2.20 bits per heavy atom. The number of ether oxygens (including phenoxy) is 1. The minimum Gasteiger partial charge on any atom is -0.377 e. The highest BCUT2D eigenvalue weighted by Crippen LogP contribution is 2.14. The van der Waals surface area contributed by atoms with Crippen LogP contribution >= 0.6 is 0 Å². The third-order valence-corrected chi connectivity index (χ3v) is 3.64. The van der Waals surface area contributed by atoms with Crippen LogP contribution in [0.5, 0.6) is 0 Å². The van der Waals surface area contributed by atoms with Crippen molar-refractivity contribution in [3.8, 4) is 6.07 Å². The van der Waals surface area contributed by atoms with Crippen LogP contribution in [-0.4, -0.2) is 43.0 Å². The maximum absolute atomic E-state index is 12.2. The average Bonchev–Trinajstić information content (AvgIpc) is 2.99. The lowest BCUT2D eigenvalue weighted by atomic mass is 10.1. The van der Waals surface area contributed by atoms with E-state index in [-0.39, 0.29) is 11.9 Å². The highest BCUT2D eigenvalue weighted by molar-refractivity contribution is 5.97. The molecule has 20 heavy (non-hydrogen) atoms. The lowest BCUT2D eigenvalue weighted by molar-refractivity contribution is 0.0686. The lowest BCUT2D eigenvalue weighted by Crippen LogP contribution is -2.36. The van der Waals surface area contributed by atoms with Crippen LogP contribution in [0, 0.1) is 11.3 Å². The smallest absolute Gasteiger partial charge is 0.176 e. The largest absolute Gasteiger partial charge is 0.377 e. The van der Waals surface area contributed by atoms with Crippen molar-refractivity contribution < 1.29 is 9.53 Å². The minimum absolute atomic E-state index is 0.0920. The molecule has 0 amide bonds. The maximum Gasteiger partial charge on any atom is 0.176 e. The fraction of sp³-hybridized carbons (Fsp3) is 0.500. The van der Waals surface area contributed by atoms with Crippen molar-refractivity contribution in [1.29, 1.82) is 5.26 Å². The fourth-order valence-corrected chi connectivity index (χ4v) is 2.41. The number of hydrogen-bond acceptors (Lipinski definition) is 4. The monoisotopic (exact) mass is 272 g/mol. The molecule has 0 radical (unpaired) electrons. The van der Waals surface area contributed by atoms with Crippen LogP contribution in [0.15, 0.2) is 24.3 Å². The summed E-state index contributed by atoms with van der Waals surface area (Å²) in [5.74, 6) is 0.0920. The van der Waals surface area contributed by atoms with Crippen LogP contribution < -0.4 is 0 Å². The zero-order valence-corrected chi connectivity index (χ0v) is 11.8. The van der Waals surface area contributed by atoms with Gasteiger partial charge in [-0.05, 0) is 31.5 Å². The predicted molar refractivity (Wildman–Crippen MR) is 76.6 cm³/mol. The van der Waals surface area contributed by atoms with E-state index in [2.05, 4.69) is 17.9 Å². The number of ketones is 1. The number of carbonyl (C=O) groups is 1. The number of carbonyl (C=O) groups excluding carboxylic acids is 1. The third kappa shape index (κ3) is 3.89. The number of nitriles is 1. The molecule has 1 aromatic carbocycles. The molecule has 1 unspecified atom stereocenters. The molecule has 1 aliphatic heterocycles. The van der Waals surface area contributed by atoms with Gasteiger partial charge in [-0.15, -0.1) is 0 Å². The first kappa shape index (κ1) is 14.7. The molecule has 4 heteroatoms. The van der Waals surface area contributed by atoms with Crippen LogP contribution in [0.1, 0.15) is 35.7 Å². The van der Waals surface area contributed by atoms with Crippen molar-refractivity contribution in [2.45, 2.75) is 25.9 Å². The summed E-state index contributed by atoms with van der Waals surface area (Å²) in [7, 11) is 0. The van der Waals surface area contributed by atoms with Crippen LogP contribution in [-0.2, 0) is 4.74 Å². The molecule has 4 nitrogen and oxygen atoms in total. The molecule has 1 heterocycles. The highest BCUT2D eigenvalue weighted by Gasteiger charge is 2.20. The van der Waals surface area contributed by atoms with Gasteiger partial charge in [0.25, 0.3) is 0 Å². The van der Waals surface area contributed by atoms with Crippen molar-refractivity contribution in [1.82, 2.24) is 4.90 Å². The molecule has 1 aliphatic rings. The normalized spacial score (nSPS) is 18.1. The molecule has 1 atom stereocenters. The molecule has 0 aliphatic carbocycles. The third-order valence-electron chi connectivity index (χ3n) is 3.64. The van der Waals surface area contributed by atoms with E-state index < -0.39 is 0 Å². The van der Waals surface area contributed by atoms with Gasteiger partial charge in [-0.1, -0.05) is 19.1 Å². The van der Waals surface area contributed by atoms with Crippen LogP contribution in [0.25, 0.3) is 0 Å². The van der Waals surface area contributed by atoms with E-state index in [1.165, 1.54) is 0 Å². The predicted octanol–water partition coefficient (Wildman–Crippen LogP) is 2.24. The Morgan fingerprint density at radius 1 is 1.45 bits per heavy atom. The summed E-state index contributed by atoms with van der Waals surface area (Å²) in [6.45, 7) is 4.95. The first-order valence-corrected chi connectivity index (χ1v) is 7.10. The molecule has 0 saturated carbocycles. The van der Waals surface area contributed by atoms with Crippen LogP contribution in [0.4, 0.5) is 0 Å². The van der Waals surface area contributed by atoms with Gasteiger partial charge in [0.05, 0.1) is 24.3 Å². The number of rotatable bonds is 6. The molecule has 0 aromatic heterocycles. The second kappa shape index (κ2) is 7.18. The molecule has 1 saturated heterocycles. The zero-order valence-electron chi connectivity index (χ0n) is 11.8. The van der Waals surface area contributed by atoms with Crippen molar-refractivity contribution in [3.63, 3.8) is 0 Å². The molecule has 0 spiro atoms. The summed E-state index contributed by atoms with van der Waals surface area (Å²) >= 11 is 0. The van der Waals surface area contributed by atoms with Gasteiger partial charge in [-0.3, -0.25) is 9.69 Å². The van der Waals surface area contributed by atoms with Gasteiger partial charge in [0.2, 0.25) is 0 Å². The van der Waals surface area contributed by atoms with Crippen molar-refractivity contribution >= 4 is 5.78 Å². The topological polar surface area (TPSA) is 53.3 Å². The van der Waals surface area contributed by atoms with Crippen molar-refractivity contribution in [2.75, 3.05) is 26.2 Å². The summed E-state index contributed by atoms with van der Waals surface area (Å²) in [6, 6.07) is 8.87. The second-order valence-electron chi connectivity index (χ2n) is 5.08. The Morgan fingerprint density at radius 3 is 2.75 bits per heavy atom. The molecule has 1 aromatic rings. The van der Waals surface area contributed by atoms with Gasteiger partial charge < -0.3 is 4.74 Å². The van der Waals surface area contributed by atoms with Gasteiger partial charge >= 0.3 is 0 Å². The Balaban J connectivity index is 1.92. The second-order valence-corrected chi connectivity index (χ2v) is 5.08. The van der Waals surface area contributed by atoms with E-state index in [1.54, 1.807) is 24.3 Å². The van der Waals surface area contributed by atoms with Gasteiger partial charge in [0.15, 0.2) is 5.78 Å². The quantitative estimate of drug-likeness (QED) is 0.745. The molecular weight excluding hydrogens is 252 g/mol.